The monoisotopic (exact) mass is 683 g/mol. The normalized spacial score (nSPS) is 12.1. The molecule has 0 aliphatic carbocycles. The molecule has 0 saturated heterocycles. The van der Waals surface area contributed by atoms with Crippen LogP contribution in [0, 0.1) is 0 Å². The molecule has 0 atom stereocenters. The molecule has 2 aromatic rings. The Labute approximate surface area is 287 Å². The van der Waals surface area contributed by atoms with Gasteiger partial charge in [0.2, 0.25) is 0 Å². The molecule has 0 fully saturated rings. The molecule has 0 heterocycles. The fraction of sp³-hybridized carbons (Fsp3) is 0.568. The van der Waals surface area contributed by atoms with Crippen LogP contribution in [0.5, 0.6) is 11.5 Å². The van der Waals surface area contributed by atoms with Crippen molar-refractivity contribution >= 4 is 24.4 Å². The van der Waals surface area contributed by atoms with Crippen molar-refractivity contribution in [1.82, 2.24) is 0 Å². The number of nitrogens with zero attached hydrogens (tertiary/aromatic N) is 2. The summed E-state index contributed by atoms with van der Waals surface area (Å²) in [4.78, 5) is 27.0. The Morgan fingerprint density at radius 1 is 0.609 bits per heavy atom. The third-order valence-corrected chi connectivity index (χ3v) is 6.66. The van der Waals surface area contributed by atoms with Crippen LogP contribution in [0.1, 0.15) is 137 Å². The van der Waals surface area contributed by atoms with Crippen molar-refractivity contribution in [3.8, 4) is 11.5 Å². The molecule has 8 nitrogen and oxygen atoms in total. The molecule has 0 aliphatic rings. The van der Waals surface area contributed by atoms with E-state index < -0.39 is 11.9 Å². The Morgan fingerprint density at radius 2 is 0.870 bits per heavy atom. The number of aromatic hydroxyl groups is 2. The summed E-state index contributed by atoms with van der Waals surface area (Å²) in [5, 5.41) is 39.6. The van der Waals surface area contributed by atoms with Gasteiger partial charge in [-0.15, -0.1) is 0 Å². The molecule has 9 heteroatoms. The zero-order valence-corrected chi connectivity index (χ0v) is 31.4. The number of aliphatic imine (C=N–C) groups is 2. The summed E-state index contributed by atoms with van der Waals surface area (Å²) >= 11 is 0. The molecule has 0 unspecified atom stereocenters. The molecule has 0 aromatic heterocycles. The summed E-state index contributed by atoms with van der Waals surface area (Å²) in [5.74, 6) is -1.54. The first-order chi connectivity index (χ1) is 20.2. The van der Waals surface area contributed by atoms with Gasteiger partial charge >= 0.3 is 16.8 Å². The molecule has 0 aliphatic heterocycles. The van der Waals surface area contributed by atoms with Gasteiger partial charge in [-0.2, -0.15) is 0 Å². The van der Waals surface area contributed by atoms with Crippen LogP contribution < -0.4 is 10.2 Å². The fourth-order valence-electron chi connectivity index (χ4n) is 4.10. The van der Waals surface area contributed by atoms with Gasteiger partial charge in [-0.25, -0.2) is 0 Å². The van der Waals surface area contributed by atoms with E-state index in [1.807, 2.05) is 12.1 Å². The summed E-state index contributed by atoms with van der Waals surface area (Å²) in [6.45, 7) is 29.0. The minimum atomic E-state index is -1.08. The van der Waals surface area contributed by atoms with E-state index in [2.05, 4.69) is 105 Å². The van der Waals surface area contributed by atoms with Crippen LogP contribution in [-0.2, 0) is 48.0 Å². The van der Waals surface area contributed by atoms with Crippen LogP contribution in [0.4, 0.5) is 0 Å². The number of phenolic OH excluding ortho intramolecular Hbond substituents is 2. The molecule has 0 saturated carbocycles. The molecule has 2 rings (SSSR count). The van der Waals surface area contributed by atoms with E-state index >= 15 is 0 Å². The van der Waals surface area contributed by atoms with Crippen molar-refractivity contribution < 1.29 is 46.8 Å². The number of hydrogen-bond donors (Lipinski definition) is 2. The average Bonchev–Trinajstić information content (AvgIpc) is 2.81. The number of hydrogen-bond acceptors (Lipinski definition) is 8. The minimum absolute atomic E-state index is 0. The maximum atomic E-state index is 10.9. The summed E-state index contributed by atoms with van der Waals surface area (Å²) in [6, 6.07) is 8.33. The van der Waals surface area contributed by atoms with Crippen LogP contribution in [0.25, 0.3) is 0 Å². The van der Waals surface area contributed by atoms with E-state index in [9.17, 15) is 10.2 Å². The van der Waals surface area contributed by atoms with Crippen molar-refractivity contribution in [2.45, 2.75) is 125 Å². The number of aliphatic carboxylic acids is 2. The van der Waals surface area contributed by atoms with Crippen molar-refractivity contribution in [3.05, 3.63) is 57.6 Å². The Hall–Kier alpha value is -3.17. The molecular formula is C37H56CoN2O6. The van der Waals surface area contributed by atoms with Crippen LogP contribution in [0.3, 0.4) is 0 Å². The van der Waals surface area contributed by atoms with E-state index in [1.165, 1.54) is 11.1 Å². The molecule has 2 N–H and O–H groups in total. The third-order valence-electron chi connectivity index (χ3n) is 6.66. The van der Waals surface area contributed by atoms with Crippen molar-refractivity contribution in [2.75, 3.05) is 13.1 Å². The van der Waals surface area contributed by atoms with E-state index in [1.54, 1.807) is 12.4 Å². The first kappa shape index (κ1) is 45.0. The van der Waals surface area contributed by atoms with Crippen LogP contribution in [0.2, 0.25) is 0 Å². The number of carboxylic acids is 2. The van der Waals surface area contributed by atoms with Gasteiger partial charge in [0.05, 0.1) is 0 Å². The van der Waals surface area contributed by atoms with Gasteiger partial charge < -0.3 is 30.0 Å². The van der Waals surface area contributed by atoms with Gasteiger partial charge in [-0.05, 0) is 65.2 Å². The molecule has 2 aromatic carbocycles. The van der Waals surface area contributed by atoms with Gasteiger partial charge in [0.15, 0.2) is 0 Å². The third kappa shape index (κ3) is 16.4. The Morgan fingerprint density at radius 3 is 1.09 bits per heavy atom. The Bertz CT molecular complexity index is 1240. The summed E-state index contributed by atoms with van der Waals surface area (Å²) in [5.41, 5.74) is 5.43. The molecule has 1 radical (unpaired) electrons. The topological polar surface area (TPSA) is 145 Å². The minimum Gasteiger partial charge on any atom is -0.550 e. The van der Waals surface area contributed by atoms with Crippen LogP contribution in [-0.4, -0.2) is 47.7 Å². The Kier molecular flexibility index (Phi) is 17.8. The molecule has 259 valence electrons. The van der Waals surface area contributed by atoms with E-state index in [4.69, 9.17) is 19.8 Å². The second-order valence-corrected chi connectivity index (χ2v) is 15.3. The fourth-order valence-corrected chi connectivity index (χ4v) is 4.10. The number of carboxylic acid groups (broad SMARTS) is 2. The summed E-state index contributed by atoms with van der Waals surface area (Å²) in [7, 11) is 0. The van der Waals surface area contributed by atoms with E-state index in [-0.39, 0.29) is 38.4 Å². The second-order valence-electron chi connectivity index (χ2n) is 15.3. The van der Waals surface area contributed by atoms with Crippen molar-refractivity contribution in [2.24, 2.45) is 9.98 Å². The molecule has 0 bridgehead atoms. The van der Waals surface area contributed by atoms with Gasteiger partial charge in [0.1, 0.15) is 11.5 Å². The molecule has 46 heavy (non-hydrogen) atoms. The number of rotatable bonds is 6. The first-order valence-electron chi connectivity index (χ1n) is 15.3. The van der Waals surface area contributed by atoms with Crippen LogP contribution in [0.15, 0.2) is 34.3 Å². The van der Waals surface area contributed by atoms with E-state index in [0.717, 1.165) is 42.5 Å². The number of benzene rings is 2. The predicted molar refractivity (Wildman–Crippen MR) is 182 cm³/mol. The molecule has 0 spiro atoms. The van der Waals surface area contributed by atoms with Gasteiger partial charge in [0.25, 0.3) is 0 Å². The molecule has 0 amide bonds. The average molecular weight is 684 g/mol. The molecular weight excluding hydrogens is 627 g/mol. The largest absolute Gasteiger partial charge is 2.00 e. The number of carbonyl (C=O) groups is 2. The summed E-state index contributed by atoms with van der Waals surface area (Å²) in [6.07, 6.45) is 4.36. The maximum absolute atomic E-state index is 10.9. The number of carbonyl (C=O) groups excluding carboxylic acids is 2. The Balaban J connectivity index is 0. The first-order valence-corrected chi connectivity index (χ1v) is 15.3. The SMILES string of the molecule is CC(=O)[O-].CC(=O)[O-].CC(C)(C)c1cc(C=NCCCN=Cc2cc(C(C)(C)C)cc(C(C)(C)C)c2O)c(O)c(C(C)(C)C)c1.[Co+2]. The quantitative estimate of drug-likeness (QED) is 0.294. The standard InChI is InChI=1S/C33H50N2O2.2C2H4O2.Co/c1-30(2,3)24-16-22(28(36)26(18-24)32(7,8)9)20-34-14-13-15-35-21-23-17-25(31(4,5)6)19-27(29(23)37)33(10,11)12;2*1-2(3)4;/h16-21,36-37H,13-15H2,1-12H3;2*1H3,(H,3,4);/q;;;+2/p-2. The predicted octanol–water partition coefficient (Wildman–Crippen LogP) is 5.73. The smallest absolute Gasteiger partial charge is 0.550 e. The van der Waals surface area contributed by atoms with Crippen molar-refractivity contribution in [1.29, 1.82) is 0 Å². The van der Waals surface area contributed by atoms with Crippen molar-refractivity contribution in [3.63, 3.8) is 0 Å². The van der Waals surface area contributed by atoms with Crippen LogP contribution >= 0.6 is 0 Å². The zero-order chi connectivity index (χ0) is 35.6. The summed E-state index contributed by atoms with van der Waals surface area (Å²) < 4.78 is 0. The maximum Gasteiger partial charge on any atom is 2.00 e. The second kappa shape index (κ2) is 18.2. The van der Waals surface area contributed by atoms with E-state index in [0.29, 0.717) is 24.6 Å². The number of phenols is 2. The van der Waals surface area contributed by atoms with Gasteiger partial charge in [-0.3, -0.25) is 9.98 Å². The zero-order valence-electron chi connectivity index (χ0n) is 30.3. The van der Waals surface area contributed by atoms with Gasteiger partial charge in [0, 0.05) is 59.7 Å². The van der Waals surface area contributed by atoms with Gasteiger partial charge in [-0.1, -0.05) is 95.2 Å².